The van der Waals surface area contributed by atoms with Crippen LogP contribution < -0.4 is 5.11 Å². The predicted molar refractivity (Wildman–Crippen MR) is 51.1 cm³/mol. The lowest BCUT2D eigenvalue weighted by atomic mass is 9.70. The Balaban J connectivity index is 2.63. The summed E-state index contributed by atoms with van der Waals surface area (Å²) in [4.78, 5) is 0. The molecular weight excluding hydrogens is 164 g/mol. The molecule has 0 aromatic rings. The molecule has 1 aliphatic carbocycles. The van der Waals surface area contributed by atoms with Gasteiger partial charge in [-0.2, -0.15) is 0 Å². The third-order valence-electron chi connectivity index (χ3n) is 3.35. The van der Waals surface area contributed by atoms with E-state index in [9.17, 15) is 10.2 Å². The van der Waals surface area contributed by atoms with Crippen molar-refractivity contribution in [2.24, 2.45) is 11.8 Å². The molecule has 0 bridgehead atoms. The van der Waals surface area contributed by atoms with E-state index in [1.54, 1.807) is 6.92 Å². The number of aliphatic hydroxyl groups is 1. The molecule has 3 atom stereocenters. The second-order valence-electron chi connectivity index (χ2n) is 4.54. The third kappa shape index (κ3) is 2.32. The van der Waals surface area contributed by atoms with Crippen molar-refractivity contribution in [1.29, 1.82) is 0 Å². The van der Waals surface area contributed by atoms with Crippen molar-refractivity contribution in [2.75, 3.05) is 6.61 Å². The lowest BCUT2D eigenvalue weighted by molar-refractivity contribution is -0.389. The molecule has 0 aromatic heterocycles. The average Bonchev–Trinajstić information content (AvgIpc) is 2.03. The molecule has 2 nitrogen and oxygen atoms in total. The maximum Gasteiger partial charge on any atom is 0.0635 e. The van der Waals surface area contributed by atoms with Crippen LogP contribution in [-0.4, -0.2) is 17.3 Å². The van der Waals surface area contributed by atoms with E-state index in [-0.39, 0.29) is 12.5 Å². The molecule has 0 heterocycles. The first-order chi connectivity index (χ1) is 5.97. The predicted octanol–water partition coefficient (Wildman–Crippen LogP) is 1.09. The molecule has 1 fully saturated rings. The molecule has 1 rings (SSSR count). The number of rotatable bonds is 2. The van der Waals surface area contributed by atoms with E-state index in [4.69, 9.17) is 0 Å². The number of allylic oxidation sites excluding steroid dienone is 1. The molecule has 2 heteroatoms. The first-order valence-corrected chi connectivity index (χ1v) is 4.93. The molecule has 0 radical (unpaired) electrons. The largest absolute Gasteiger partial charge is 0.854 e. The summed E-state index contributed by atoms with van der Waals surface area (Å²) in [5, 5.41) is 20.8. The highest BCUT2D eigenvalue weighted by Gasteiger charge is 2.35. The fraction of sp³-hybridized carbons (Fsp3) is 0.818. The summed E-state index contributed by atoms with van der Waals surface area (Å²) in [7, 11) is 0. The maximum atomic E-state index is 10.9. The molecule has 0 amide bonds. The van der Waals surface area contributed by atoms with E-state index in [2.05, 4.69) is 6.58 Å². The van der Waals surface area contributed by atoms with E-state index < -0.39 is 5.60 Å². The van der Waals surface area contributed by atoms with Crippen molar-refractivity contribution in [1.82, 2.24) is 0 Å². The molecule has 1 aliphatic rings. The van der Waals surface area contributed by atoms with Crippen LogP contribution in [0.3, 0.4) is 0 Å². The molecule has 0 saturated heterocycles. The van der Waals surface area contributed by atoms with Crippen molar-refractivity contribution in [3.05, 3.63) is 12.2 Å². The molecule has 76 valence electrons. The van der Waals surface area contributed by atoms with E-state index in [0.717, 1.165) is 24.8 Å². The Morgan fingerprint density at radius 1 is 1.69 bits per heavy atom. The average molecular weight is 183 g/mol. The highest BCUT2D eigenvalue weighted by atomic mass is 16.3. The summed E-state index contributed by atoms with van der Waals surface area (Å²) in [6.45, 7) is 7.53. The molecule has 13 heavy (non-hydrogen) atoms. The van der Waals surface area contributed by atoms with Gasteiger partial charge in [0.05, 0.1) is 5.60 Å². The Morgan fingerprint density at radius 3 is 2.77 bits per heavy atom. The van der Waals surface area contributed by atoms with Gasteiger partial charge in [0.15, 0.2) is 0 Å². The van der Waals surface area contributed by atoms with Crippen LogP contribution in [0.2, 0.25) is 0 Å². The maximum absolute atomic E-state index is 10.9. The second kappa shape index (κ2) is 3.81. The summed E-state index contributed by atoms with van der Waals surface area (Å²) in [6, 6.07) is 0. The minimum absolute atomic E-state index is 0.0945. The molecule has 0 aliphatic heterocycles. The molecule has 0 spiro atoms. The highest BCUT2D eigenvalue weighted by Crippen LogP contribution is 2.38. The topological polar surface area (TPSA) is 43.3 Å². The van der Waals surface area contributed by atoms with Crippen LogP contribution in [0.15, 0.2) is 12.2 Å². The minimum atomic E-state index is -0.742. The Labute approximate surface area is 80.3 Å². The van der Waals surface area contributed by atoms with Gasteiger partial charge in [0.1, 0.15) is 0 Å². The Hall–Kier alpha value is -0.340. The zero-order valence-corrected chi connectivity index (χ0v) is 8.55. The molecule has 1 N–H and O–H groups in total. The lowest BCUT2D eigenvalue weighted by Gasteiger charge is -2.42. The van der Waals surface area contributed by atoms with Crippen LogP contribution >= 0.6 is 0 Å². The standard InChI is InChI=1S/C11H19O2/c1-8(2)9-4-5-11(3,13)10(6-9)7-12/h9-10,13H,1,4-7H2,2-3H3/q-1/t9-,10-,11+/m1/s1. The number of hydrogen-bond acceptors (Lipinski definition) is 2. The van der Waals surface area contributed by atoms with Crippen molar-refractivity contribution in [3.63, 3.8) is 0 Å². The first-order valence-electron chi connectivity index (χ1n) is 4.93. The summed E-state index contributed by atoms with van der Waals surface area (Å²) >= 11 is 0. The van der Waals surface area contributed by atoms with Gasteiger partial charge in [0.2, 0.25) is 0 Å². The quantitative estimate of drug-likeness (QED) is 0.651. The van der Waals surface area contributed by atoms with Crippen molar-refractivity contribution < 1.29 is 10.2 Å². The van der Waals surface area contributed by atoms with Gasteiger partial charge in [0.25, 0.3) is 0 Å². The van der Waals surface area contributed by atoms with Crippen molar-refractivity contribution in [2.45, 2.75) is 38.7 Å². The fourth-order valence-electron chi connectivity index (χ4n) is 2.08. The van der Waals surface area contributed by atoms with Gasteiger partial charge in [-0.25, -0.2) is 0 Å². The van der Waals surface area contributed by atoms with Crippen LogP contribution in [0, 0.1) is 11.8 Å². The van der Waals surface area contributed by atoms with Crippen LogP contribution in [0.4, 0.5) is 0 Å². The van der Waals surface area contributed by atoms with Gasteiger partial charge in [-0.05, 0) is 44.9 Å². The monoisotopic (exact) mass is 183 g/mol. The minimum Gasteiger partial charge on any atom is -0.854 e. The van der Waals surface area contributed by atoms with Gasteiger partial charge in [-0.1, -0.05) is 12.2 Å². The van der Waals surface area contributed by atoms with Crippen LogP contribution in [0.1, 0.15) is 33.1 Å². The highest BCUT2D eigenvalue weighted by molar-refractivity contribution is 5.02. The van der Waals surface area contributed by atoms with Crippen molar-refractivity contribution in [3.8, 4) is 0 Å². The van der Waals surface area contributed by atoms with E-state index in [0.29, 0.717) is 5.92 Å². The lowest BCUT2D eigenvalue weighted by Crippen LogP contribution is -2.45. The number of hydrogen-bond donors (Lipinski definition) is 1. The van der Waals surface area contributed by atoms with Gasteiger partial charge in [-0.15, -0.1) is 6.61 Å². The summed E-state index contributed by atoms with van der Waals surface area (Å²) < 4.78 is 0. The second-order valence-corrected chi connectivity index (χ2v) is 4.54. The zero-order chi connectivity index (χ0) is 10.1. The summed E-state index contributed by atoms with van der Waals surface area (Å²) in [5.74, 6) is 0.349. The summed E-state index contributed by atoms with van der Waals surface area (Å²) in [5.41, 5.74) is 0.405. The molecule has 1 saturated carbocycles. The molecular formula is C11H19O2-. The SMILES string of the molecule is C=C(C)[C@@H]1CC[C@](C)(O)[C@@H](C[O-])C1. The summed E-state index contributed by atoms with van der Waals surface area (Å²) in [6.07, 6.45) is 2.52. The van der Waals surface area contributed by atoms with E-state index in [1.807, 2.05) is 6.92 Å². The normalized spacial score (nSPS) is 40.3. The molecule has 0 unspecified atom stereocenters. The van der Waals surface area contributed by atoms with E-state index >= 15 is 0 Å². The van der Waals surface area contributed by atoms with Gasteiger partial charge < -0.3 is 10.2 Å². The Bertz CT molecular complexity index is 196. The fourth-order valence-corrected chi connectivity index (χ4v) is 2.08. The third-order valence-corrected chi connectivity index (χ3v) is 3.35. The van der Waals surface area contributed by atoms with Crippen molar-refractivity contribution >= 4 is 0 Å². The van der Waals surface area contributed by atoms with Gasteiger partial charge in [-0.3, -0.25) is 0 Å². The molecule has 0 aromatic carbocycles. The van der Waals surface area contributed by atoms with Gasteiger partial charge in [0, 0.05) is 0 Å². The smallest absolute Gasteiger partial charge is 0.0635 e. The van der Waals surface area contributed by atoms with Crippen LogP contribution in [0.25, 0.3) is 0 Å². The first kappa shape index (κ1) is 10.7. The van der Waals surface area contributed by atoms with Crippen LogP contribution in [0.5, 0.6) is 0 Å². The van der Waals surface area contributed by atoms with Gasteiger partial charge >= 0.3 is 0 Å². The van der Waals surface area contributed by atoms with Crippen LogP contribution in [-0.2, 0) is 0 Å². The zero-order valence-electron chi connectivity index (χ0n) is 8.55. The Morgan fingerprint density at radius 2 is 2.31 bits per heavy atom. The van der Waals surface area contributed by atoms with E-state index in [1.165, 1.54) is 0 Å². The Kier molecular flexibility index (Phi) is 3.14.